The highest BCUT2D eigenvalue weighted by atomic mass is 16.5. The third kappa shape index (κ3) is 2.33. The smallest absolute Gasteiger partial charge is 0.341 e. The molecular formula is C10H11NO4. The fraction of sp³-hybridized carbons (Fsp3) is 0.400. The number of methoxy groups -OCH3 is 1. The summed E-state index contributed by atoms with van der Waals surface area (Å²) < 4.78 is 9.84. The molecular weight excluding hydrogens is 198 g/mol. The molecule has 1 rings (SSSR count). The van der Waals surface area contributed by atoms with Gasteiger partial charge in [-0.25, -0.2) is 9.59 Å². The van der Waals surface area contributed by atoms with Gasteiger partial charge in [-0.1, -0.05) is 0 Å². The van der Waals surface area contributed by atoms with E-state index < -0.39 is 12.0 Å². The molecule has 0 amide bonds. The second-order valence-corrected chi connectivity index (χ2v) is 3.01. The minimum atomic E-state index is -0.468. The number of isocyanates is 1. The monoisotopic (exact) mass is 209 g/mol. The van der Waals surface area contributed by atoms with Gasteiger partial charge >= 0.3 is 5.97 Å². The van der Waals surface area contributed by atoms with Crippen molar-refractivity contribution >= 4 is 12.0 Å². The van der Waals surface area contributed by atoms with E-state index in [9.17, 15) is 9.59 Å². The topological polar surface area (TPSA) is 68.9 Å². The molecule has 0 N–H and O–H groups in total. The van der Waals surface area contributed by atoms with Crippen LogP contribution >= 0.6 is 0 Å². The molecule has 1 atom stereocenters. The number of aryl methyl sites for hydroxylation is 1. The van der Waals surface area contributed by atoms with Crippen LogP contribution in [0.3, 0.4) is 0 Å². The number of furan rings is 1. The lowest BCUT2D eigenvalue weighted by molar-refractivity contribution is 0.0599. The van der Waals surface area contributed by atoms with Gasteiger partial charge in [0.15, 0.2) is 0 Å². The van der Waals surface area contributed by atoms with Crippen LogP contribution < -0.4 is 0 Å². The summed E-state index contributed by atoms with van der Waals surface area (Å²) in [5.41, 5.74) is 0.348. The van der Waals surface area contributed by atoms with Crippen LogP contribution in [-0.4, -0.2) is 19.2 Å². The van der Waals surface area contributed by atoms with Gasteiger partial charge in [0.25, 0.3) is 0 Å². The Kier molecular flexibility index (Phi) is 3.42. The van der Waals surface area contributed by atoms with E-state index in [0.29, 0.717) is 17.1 Å². The lowest BCUT2D eigenvalue weighted by Crippen LogP contribution is -2.00. The molecule has 1 aromatic rings. The van der Waals surface area contributed by atoms with Gasteiger partial charge in [0, 0.05) is 0 Å². The number of hydrogen-bond acceptors (Lipinski definition) is 5. The summed E-state index contributed by atoms with van der Waals surface area (Å²) in [6.07, 6.45) is 1.44. The van der Waals surface area contributed by atoms with Gasteiger partial charge in [0.2, 0.25) is 6.08 Å². The van der Waals surface area contributed by atoms with Gasteiger partial charge in [0.1, 0.15) is 23.1 Å². The molecule has 0 fully saturated rings. The Balaban J connectivity index is 3.05. The van der Waals surface area contributed by atoms with Crippen LogP contribution in [0.2, 0.25) is 0 Å². The Morgan fingerprint density at radius 3 is 2.87 bits per heavy atom. The van der Waals surface area contributed by atoms with Gasteiger partial charge in [-0.2, -0.15) is 4.99 Å². The summed E-state index contributed by atoms with van der Waals surface area (Å²) in [4.78, 5) is 24.8. The van der Waals surface area contributed by atoms with Crippen molar-refractivity contribution < 1.29 is 18.7 Å². The number of nitrogens with zero attached hydrogens (tertiary/aromatic N) is 1. The summed E-state index contributed by atoms with van der Waals surface area (Å²) in [5.74, 6) is 0.422. The molecule has 0 aliphatic heterocycles. The molecule has 0 aliphatic carbocycles. The van der Waals surface area contributed by atoms with E-state index in [1.807, 2.05) is 0 Å². The first-order chi connectivity index (χ1) is 7.10. The normalized spacial score (nSPS) is 11.7. The van der Waals surface area contributed by atoms with Gasteiger partial charge in [-0.15, -0.1) is 0 Å². The molecule has 0 aromatic carbocycles. The number of ether oxygens (including phenoxy) is 1. The average Bonchev–Trinajstić information content (AvgIpc) is 2.60. The first-order valence-corrected chi connectivity index (χ1v) is 4.35. The minimum Gasteiger partial charge on any atom is -0.465 e. The van der Waals surface area contributed by atoms with Crippen molar-refractivity contribution in [3.63, 3.8) is 0 Å². The SMILES string of the molecule is COC(=O)c1cc(C(C)N=C=O)oc1C. The first-order valence-electron chi connectivity index (χ1n) is 4.35. The molecule has 0 aliphatic rings. The van der Waals surface area contributed by atoms with Gasteiger partial charge < -0.3 is 9.15 Å². The molecule has 5 heteroatoms. The van der Waals surface area contributed by atoms with Gasteiger partial charge in [-0.3, -0.25) is 0 Å². The number of rotatable bonds is 3. The molecule has 1 aromatic heterocycles. The standard InChI is InChI=1S/C10H11NO4/c1-6(11-5-12)9-4-8(7(2)15-9)10(13)14-3/h4,6H,1-3H3. The van der Waals surface area contributed by atoms with E-state index in [1.54, 1.807) is 13.8 Å². The predicted molar refractivity (Wildman–Crippen MR) is 51.3 cm³/mol. The summed E-state index contributed by atoms with van der Waals surface area (Å²) in [6.45, 7) is 3.32. The Labute approximate surface area is 86.7 Å². The van der Waals surface area contributed by atoms with Crippen LogP contribution in [0.15, 0.2) is 15.5 Å². The highest BCUT2D eigenvalue weighted by Crippen LogP contribution is 2.23. The van der Waals surface area contributed by atoms with Crippen LogP contribution in [0.5, 0.6) is 0 Å². The van der Waals surface area contributed by atoms with Crippen LogP contribution in [0.1, 0.15) is 34.8 Å². The summed E-state index contributed by atoms with van der Waals surface area (Å²) >= 11 is 0. The molecule has 0 saturated carbocycles. The molecule has 1 heterocycles. The van der Waals surface area contributed by atoms with Crippen molar-refractivity contribution in [2.24, 2.45) is 4.99 Å². The van der Waals surface area contributed by atoms with Crippen molar-refractivity contribution in [2.75, 3.05) is 7.11 Å². The predicted octanol–water partition coefficient (Wildman–Crippen LogP) is 1.77. The fourth-order valence-corrected chi connectivity index (χ4v) is 1.17. The zero-order valence-electron chi connectivity index (χ0n) is 8.73. The van der Waals surface area contributed by atoms with Crippen LogP contribution in [-0.2, 0) is 9.53 Å². The van der Waals surface area contributed by atoms with Crippen LogP contribution in [0.4, 0.5) is 0 Å². The van der Waals surface area contributed by atoms with Crippen molar-refractivity contribution in [3.8, 4) is 0 Å². The van der Waals surface area contributed by atoms with Crippen LogP contribution in [0, 0.1) is 6.92 Å². The van der Waals surface area contributed by atoms with Gasteiger partial charge in [0.05, 0.1) is 7.11 Å². The van der Waals surface area contributed by atoms with Gasteiger partial charge in [-0.05, 0) is 19.9 Å². The van der Waals surface area contributed by atoms with E-state index in [4.69, 9.17) is 4.42 Å². The average molecular weight is 209 g/mol. The quantitative estimate of drug-likeness (QED) is 0.432. The number of aliphatic imine (C=N–C) groups is 1. The Hall–Kier alpha value is -1.87. The number of esters is 1. The zero-order chi connectivity index (χ0) is 11.4. The highest BCUT2D eigenvalue weighted by Gasteiger charge is 2.18. The third-order valence-corrected chi connectivity index (χ3v) is 2.00. The largest absolute Gasteiger partial charge is 0.465 e. The van der Waals surface area contributed by atoms with Crippen molar-refractivity contribution in [1.29, 1.82) is 0 Å². The maximum Gasteiger partial charge on any atom is 0.341 e. The molecule has 0 saturated heterocycles. The molecule has 1 unspecified atom stereocenters. The second kappa shape index (κ2) is 4.57. The molecule has 80 valence electrons. The lowest BCUT2D eigenvalue weighted by atomic mass is 10.2. The molecule has 5 nitrogen and oxygen atoms in total. The maximum absolute atomic E-state index is 11.2. The Bertz CT molecular complexity index is 415. The Morgan fingerprint density at radius 1 is 1.67 bits per heavy atom. The zero-order valence-corrected chi connectivity index (χ0v) is 8.73. The highest BCUT2D eigenvalue weighted by molar-refractivity contribution is 5.90. The fourth-order valence-electron chi connectivity index (χ4n) is 1.17. The summed E-state index contributed by atoms with van der Waals surface area (Å²) in [5, 5.41) is 0. The van der Waals surface area contributed by atoms with E-state index in [0.717, 1.165) is 0 Å². The number of carbonyl (C=O) groups is 1. The summed E-state index contributed by atoms with van der Waals surface area (Å²) in [6, 6.07) is 1.08. The van der Waals surface area contributed by atoms with Crippen molar-refractivity contribution in [2.45, 2.75) is 19.9 Å². The number of hydrogen-bond donors (Lipinski definition) is 0. The van der Waals surface area contributed by atoms with Crippen LogP contribution in [0.25, 0.3) is 0 Å². The van der Waals surface area contributed by atoms with Crippen molar-refractivity contribution in [1.82, 2.24) is 0 Å². The minimum absolute atomic E-state index is 0.348. The van der Waals surface area contributed by atoms with E-state index >= 15 is 0 Å². The van der Waals surface area contributed by atoms with E-state index in [1.165, 1.54) is 19.3 Å². The maximum atomic E-state index is 11.2. The molecule has 15 heavy (non-hydrogen) atoms. The number of carbonyl (C=O) groups excluding carboxylic acids is 2. The molecule has 0 bridgehead atoms. The molecule has 0 radical (unpaired) electrons. The third-order valence-electron chi connectivity index (χ3n) is 2.00. The summed E-state index contributed by atoms with van der Waals surface area (Å²) in [7, 11) is 1.29. The first kappa shape index (κ1) is 11.2. The Morgan fingerprint density at radius 2 is 2.33 bits per heavy atom. The van der Waals surface area contributed by atoms with Crippen molar-refractivity contribution in [3.05, 3.63) is 23.2 Å². The van der Waals surface area contributed by atoms with E-state index in [-0.39, 0.29) is 0 Å². The second-order valence-electron chi connectivity index (χ2n) is 3.01. The van der Waals surface area contributed by atoms with E-state index in [2.05, 4.69) is 9.73 Å². The molecule has 0 spiro atoms. The lowest BCUT2D eigenvalue weighted by Gasteiger charge is -1.96.